The van der Waals surface area contributed by atoms with Crippen molar-refractivity contribution in [2.24, 2.45) is 5.92 Å². The molecule has 0 aliphatic rings. The van der Waals surface area contributed by atoms with Crippen molar-refractivity contribution < 1.29 is 28.6 Å². The van der Waals surface area contributed by atoms with Crippen LogP contribution in [0, 0.1) is 17.6 Å². The summed E-state index contributed by atoms with van der Waals surface area (Å²) in [5, 5.41) is 19.8. The monoisotopic (exact) mass is 259 g/mol. The standard InChI is InChI=1S/C11H11F2NO4/c12-8-2-1-7(4-9(8)13)14-5-6(11(17)18)3-10(15)16/h1-2,4,6,14H,3,5H2,(H,15,16)(H,17,18). The first-order chi connectivity index (χ1) is 8.40. The van der Waals surface area contributed by atoms with Crippen LogP contribution in [0.2, 0.25) is 0 Å². The largest absolute Gasteiger partial charge is 0.481 e. The van der Waals surface area contributed by atoms with Crippen molar-refractivity contribution in [1.82, 2.24) is 0 Å². The number of carboxylic acids is 2. The lowest BCUT2D eigenvalue weighted by atomic mass is 10.1. The molecule has 18 heavy (non-hydrogen) atoms. The number of halogens is 2. The molecule has 0 aromatic heterocycles. The van der Waals surface area contributed by atoms with Crippen LogP contribution in [-0.2, 0) is 9.59 Å². The fourth-order valence-electron chi connectivity index (χ4n) is 1.30. The molecular formula is C11H11F2NO4. The zero-order valence-electron chi connectivity index (χ0n) is 9.19. The van der Waals surface area contributed by atoms with E-state index >= 15 is 0 Å². The van der Waals surface area contributed by atoms with Crippen LogP contribution in [0.3, 0.4) is 0 Å². The van der Waals surface area contributed by atoms with E-state index in [1.807, 2.05) is 0 Å². The van der Waals surface area contributed by atoms with Gasteiger partial charge in [0.15, 0.2) is 11.6 Å². The van der Waals surface area contributed by atoms with Gasteiger partial charge < -0.3 is 15.5 Å². The number of nitrogens with one attached hydrogen (secondary N) is 1. The number of hydrogen-bond acceptors (Lipinski definition) is 3. The number of anilines is 1. The Kier molecular flexibility index (Phi) is 4.59. The van der Waals surface area contributed by atoms with E-state index in [1.165, 1.54) is 6.07 Å². The molecule has 3 N–H and O–H groups in total. The normalized spacial score (nSPS) is 11.9. The van der Waals surface area contributed by atoms with E-state index in [2.05, 4.69) is 5.32 Å². The highest BCUT2D eigenvalue weighted by Crippen LogP contribution is 2.14. The minimum atomic E-state index is -1.27. The maximum absolute atomic E-state index is 12.8. The first-order valence-electron chi connectivity index (χ1n) is 5.03. The van der Waals surface area contributed by atoms with Gasteiger partial charge in [-0.2, -0.15) is 0 Å². The molecule has 1 aromatic rings. The van der Waals surface area contributed by atoms with Crippen molar-refractivity contribution in [3.05, 3.63) is 29.8 Å². The number of hydrogen-bond donors (Lipinski definition) is 3. The highest BCUT2D eigenvalue weighted by molar-refractivity contribution is 5.78. The van der Waals surface area contributed by atoms with E-state index in [0.29, 0.717) is 0 Å². The summed E-state index contributed by atoms with van der Waals surface area (Å²) >= 11 is 0. The summed E-state index contributed by atoms with van der Waals surface area (Å²) < 4.78 is 25.5. The molecule has 0 bridgehead atoms. The van der Waals surface area contributed by atoms with Gasteiger partial charge in [0.1, 0.15) is 0 Å². The smallest absolute Gasteiger partial charge is 0.308 e. The fraction of sp³-hybridized carbons (Fsp3) is 0.273. The van der Waals surface area contributed by atoms with Gasteiger partial charge in [0.2, 0.25) is 0 Å². The minimum Gasteiger partial charge on any atom is -0.481 e. The van der Waals surface area contributed by atoms with Crippen molar-refractivity contribution >= 4 is 17.6 Å². The maximum atomic E-state index is 12.8. The molecule has 0 heterocycles. The van der Waals surface area contributed by atoms with Gasteiger partial charge in [0.05, 0.1) is 12.3 Å². The van der Waals surface area contributed by atoms with Gasteiger partial charge in [0, 0.05) is 12.2 Å². The zero-order valence-corrected chi connectivity index (χ0v) is 9.19. The van der Waals surface area contributed by atoms with E-state index in [9.17, 15) is 18.4 Å². The second-order valence-corrected chi connectivity index (χ2v) is 3.64. The van der Waals surface area contributed by atoms with Gasteiger partial charge in [-0.1, -0.05) is 0 Å². The summed E-state index contributed by atoms with van der Waals surface area (Å²) in [7, 11) is 0. The molecule has 0 aliphatic carbocycles. The molecule has 7 heteroatoms. The van der Waals surface area contributed by atoms with Crippen LogP contribution in [0.25, 0.3) is 0 Å². The summed E-state index contributed by atoms with van der Waals surface area (Å²) in [5.74, 6) is -5.73. The van der Waals surface area contributed by atoms with Crippen LogP contribution in [0.1, 0.15) is 6.42 Å². The third kappa shape index (κ3) is 4.00. The molecule has 1 rings (SSSR count). The summed E-state index contributed by atoms with van der Waals surface area (Å²) in [6, 6.07) is 3.00. The van der Waals surface area contributed by atoms with Crippen molar-refractivity contribution in [3.8, 4) is 0 Å². The third-order valence-corrected chi connectivity index (χ3v) is 2.24. The van der Waals surface area contributed by atoms with Crippen LogP contribution in [0.15, 0.2) is 18.2 Å². The first kappa shape index (κ1) is 13.9. The molecule has 5 nitrogen and oxygen atoms in total. The predicted molar refractivity (Wildman–Crippen MR) is 58.2 cm³/mol. The molecule has 0 spiro atoms. The number of benzene rings is 1. The Bertz CT molecular complexity index is 464. The third-order valence-electron chi connectivity index (χ3n) is 2.24. The Hall–Kier alpha value is -2.18. The number of aliphatic carboxylic acids is 2. The lowest BCUT2D eigenvalue weighted by molar-refractivity contribution is -0.147. The van der Waals surface area contributed by atoms with Crippen molar-refractivity contribution in [2.75, 3.05) is 11.9 Å². The predicted octanol–water partition coefficient (Wildman–Crippen LogP) is 1.55. The highest BCUT2D eigenvalue weighted by atomic mass is 19.2. The average molecular weight is 259 g/mol. The summed E-state index contributed by atoms with van der Waals surface area (Å²) in [4.78, 5) is 21.2. The van der Waals surface area contributed by atoms with Crippen molar-refractivity contribution in [1.29, 1.82) is 0 Å². The van der Waals surface area contributed by atoms with Crippen LogP contribution < -0.4 is 5.32 Å². The summed E-state index contributed by atoms with van der Waals surface area (Å²) in [6.07, 6.45) is -0.550. The quantitative estimate of drug-likeness (QED) is 0.721. The number of carboxylic acid groups (broad SMARTS) is 2. The second-order valence-electron chi connectivity index (χ2n) is 3.64. The number of carbonyl (C=O) groups is 2. The average Bonchev–Trinajstić information content (AvgIpc) is 2.28. The Balaban J connectivity index is 2.64. The zero-order chi connectivity index (χ0) is 13.7. The molecule has 0 aliphatic heterocycles. The Morgan fingerprint density at radius 1 is 1.22 bits per heavy atom. The Morgan fingerprint density at radius 2 is 1.89 bits per heavy atom. The maximum Gasteiger partial charge on any atom is 0.308 e. The molecule has 1 aromatic carbocycles. The van der Waals surface area contributed by atoms with E-state index in [-0.39, 0.29) is 12.2 Å². The lowest BCUT2D eigenvalue weighted by Crippen LogP contribution is -2.25. The molecule has 0 fully saturated rings. The van der Waals surface area contributed by atoms with Crippen LogP contribution in [0.5, 0.6) is 0 Å². The van der Waals surface area contributed by atoms with Crippen LogP contribution in [-0.4, -0.2) is 28.7 Å². The van der Waals surface area contributed by atoms with Gasteiger partial charge in [-0.15, -0.1) is 0 Å². The molecule has 1 unspecified atom stereocenters. The van der Waals surface area contributed by atoms with Gasteiger partial charge in [-0.3, -0.25) is 9.59 Å². The van der Waals surface area contributed by atoms with Gasteiger partial charge in [-0.25, -0.2) is 8.78 Å². The minimum absolute atomic E-state index is 0.186. The highest BCUT2D eigenvalue weighted by Gasteiger charge is 2.20. The van der Waals surface area contributed by atoms with Gasteiger partial charge >= 0.3 is 11.9 Å². The molecule has 98 valence electrons. The molecule has 0 saturated heterocycles. The molecular weight excluding hydrogens is 248 g/mol. The van der Waals surface area contributed by atoms with Crippen LogP contribution in [0.4, 0.5) is 14.5 Å². The lowest BCUT2D eigenvalue weighted by Gasteiger charge is -2.12. The van der Waals surface area contributed by atoms with Gasteiger partial charge in [0.25, 0.3) is 0 Å². The molecule has 0 radical (unpaired) electrons. The Morgan fingerprint density at radius 3 is 2.39 bits per heavy atom. The van der Waals surface area contributed by atoms with Crippen LogP contribution >= 0.6 is 0 Å². The molecule has 0 amide bonds. The fourth-order valence-corrected chi connectivity index (χ4v) is 1.30. The number of rotatable bonds is 6. The summed E-state index contributed by atoms with van der Waals surface area (Å²) in [5.41, 5.74) is 0.186. The molecule has 1 atom stereocenters. The van der Waals surface area contributed by atoms with Gasteiger partial charge in [-0.05, 0) is 18.2 Å². The second kappa shape index (κ2) is 5.95. The first-order valence-corrected chi connectivity index (χ1v) is 5.03. The van der Waals surface area contributed by atoms with Crippen molar-refractivity contribution in [3.63, 3.8) is 0 Å². The Labute approximate surface area is 101 Å². The van der Waals surface area contributed by atoms with E-state index in [1.54, 1.807) is 0 Å². The van der Waals surface area contributed by atoms with E-state index < -0.39 is 35.9 Å². The topological polar surface area (TPSA) is 86.6 Å². The summed E-state index contributed by atoms with van der Waals surface area (Å²) in [6.45, 7) is -0.188. The van der Waals surface area contributed by atoms with E-state index in [4.69, 9.17) is 10.2 Å². The SMILES string of the molecule is O=C(O)CC(CNc1ccc(F)c(F)c1)C(=O)O. The molecule has 0 saturated carbocycles. The van der Waals surface area contributed by atoms with E-state index in [0.717, 1.165) is 12.1 Å². The van der Waals surface area contributed by atoms with Crippen molar-refractivity contribution in [2.45, 2.75) is 6.42 Å².